The molecule has 8 heteroatoms. The summed E-state index contributed by atoms with van der Waals surface area (Å²) in [6, 6.07) is 16.8. The number of carbonyl (C=O) groups excluding carboxylic acids is 1. The molecule has 1 aliphatic rings. The van der Waals surface area contributed by atoms with Gasteiger partial charge >= 0.3 is 0 Å². The third kappa shape index (κ3) is 3.28. The maximum Gasteiger partial charge on any atom is 0.261 e. The minimum Gasteiger partial charge on any atom is -0.361 e. The summed E-state index contributed by atoms with van der Waals surface area (Å²) in [6.45, 7) is 3.91. The van der Waals surface area contributed by atoms with E-state index in [0.717, 1.165) is 27.6 Å². The molecule has 154 valence electrons. The predicted octanol–water partition coefficient (Wildman–Crippen LogP) is 5.25. The lowest BCUT2D eigenvalue weighted by atomic mass is 9.95. The molecule has 0 radical (unpaired) electrons. The SMILES string of the molecule is C=C1C(=O)Nc2cccc(-c3c[nH]c4ccc(NS(=O)(=O)c5ccc(Cl)cc5)cc34)c21. The highest BCUT2D eigenvalue weighted by Crippen LogP contribution is 2.41. The van der Waals surface area contributed by atoms with Gasteiger partial charge in [0.15, 0.2) is 0 Å². The lowest BCUT2D eigenvalue weighted by Gasteiger charge is -2.10. The van der Waals surface area contributed by atoms with Gasteiger partial charge in [-0.2, -0.15) is 0 Å². The molecule has 1 aromatic heterocycles. The molecule has 1 aliphatic heterocycles. The third-order valence-corrected chi connectivity index (χ3v) is 6.89. The zero-order valence-corrected chi connectivity index (χ0v) is 17.6. The highest BCUT2D eigenvalue weighted by molar-refractivity contribution is 7.92. The normalized spacial score (nSPS) is 13.3. The summed E-state index contributed by atoms with van der Waals surface area (Å²) in [5, 5.41) is 4.09. The second-order valence-electron chi connectivity index (χ2n) is 7.18. The number of anilines is 2. The molecule has 5 rings (SSSR count). The maximum atomic E-state index is 12.8. The second kappa shape index (κ2) is 7.01. The number of halogens is 1. The predicted molar refractivity (Wildman–Crippen MR) is 124 cm³/mol. The Morgan fingerprint density at radius 2 is 1.74 bits per heavy atom. The second-order valence-corrected chi connectivity index (χ2v) is 9.30. The van der Waals surface area contributed by atoms with Crippen molar-refractivity contribution in [3.63, 3.8) is 0 Å². The number of sulfonamides is 1. The van der Waals surface area contributed by atoms with E-state index in [4.69, 9.17) is 11.6 Å². The van der Waals surface area contributed by atoms with Crippen LogP contribution in [-0.2, 0) is 14.8 Å². The average Bonchev–Trinajstić information content (AvgIpc) is 3.28. The molecule has 2 heterocycles. The van der Waals surface area contributed by atoms with E-state index in [0.29, 0.717) is 22.0 Å². The Morgan fingerprint density at radius 3 is 2.52 bits per heavy atom. The van der Waals surface area contributed by atoms with Crippen molar-refractivity contribution in [2.75, 3.05) is 10.0 Å². The largest absolute Gasteiger partial charge is 0.361 e. The molecule has 0 fully saturated rings. The first-order valence-electron chi connectivity index (χ1n) is 9.37. The third-order valence-electron chi connectivity index (χ3n) is 5.24. The summed E-state index contributed by atoms with van der Waals surface area (Å²) < 4.78 is 28.1. The molecule has 0 bridgehead atoms. The monoisotopic (exact) mass is 449 g/mol. The first-order valence-corrected chi connectivity index (χ1v) is 11.2. The lowest BCUT2D eigenvalue weighted by molar-refractivity contribution is -0.110. The number of aromatic amines is 1. The van der Waals surface area contributed by atoms with Crippen LogP contribution in [0.25, 0.3) is 27.6 Å². The van der Waals surface area contributed by atoms with Crippen molar-refractivity contribution in [3.05, 3.63) is 84.0 Å². The Labute approximate surface area is 183 Å². The van der Waals surface area contributed by atoms with Crippen LogP contribution in [0.1, 0.15) is 5.56 Å². The van der Waals surface area contributed by atoms with Gasteiger partial charge in [-0.3, -0.25) is 9.52 Å². The molecule has 0 saturated carbocycles. The highest BCUT2D eigenvalue weighted by Gasteiger charge is 2.26. The summed E-state index contributed by atoms with van der Waals surface area (Å²) >= 11 is 5.86. The van der Waals surface area contributed by atoms with Crippen LogP contribution in [-0.4, -0.2) is 19.3 Å². The molecular formula is C23H16ClN3O3S. The summed E-state index contributed by atoms with van der Waals surface area (Å²) in [6.07, 6.45) is 1.84. The van der Waals surface area contributed by atoms with Crippen LogP contribution >= 0.6 is 11.6 Å². The van der Waals surface area contributed by atoms with E-state index < -0.39 is 10.0 Å². The van der Waals surface area contributed by atoms with Gasteiger partial charge in [-0.15, -0.1) is 0 Å². The Hall–Kier alpha value is -3.55. The molecule has 3 aromatic carbocycles. The number of benzene rings is 3. The molecule has 1 amide bonds. The van der Waals surface area contributed by atoms with Crippen LogP contribution in [0.5, 0.6) is 0 Å². The summed E-state index contributed by atoms with van der Waals surface area (Å²) in [5.41, 5.74) is 4.80. The standard InChI is InChI=1S/C23H16ClN3O3S/c1-13-22-17(3-2-4-21(22)26-23(13)28)19-12-25-20-10-7-15(11-18(19)20)27-31(29,30)16-8-5-14(24)6-9-16/h2-12,25,27H,1H2,(H,26,28). The van der Waals surface area contributed by atoms with E-state index in [-0.39, 0.29) is 10.8 Å². The van der Waals surface area contributed by atoms with Crippen LogP contribution in [0.4, 0.5) is 11.4 Å². The first-order chi connectivity index (χ1) is 14.8. The van der Waals surface area contributed by atoms with Crippen molar-refractivity contribution in [2.24, 2.45) is 0 Å². The lowest BCUT2D eigenvalue weighted by Crippen LogP contribution is -2.12. The Kier molecular flexibility index (Phi) is 4.39. The van der Waals surface area contributed by atoms with Crippen molar-refractivity contribution < 1.29 is 13.2 Å². The number of aromatic nitrogens is 1. The van der Waals surface area contributed by atoms with Gasteiger partial charge in [0.25, 0.3) is 15.9 Å². The van der Waals surface area contributed by atoms with Gasteiger partial charge in [0.1, 0.15) is 0 Å². The van der Waals surface area contributed by atoms with E-state index in [2.05, 4.69) is 21.6 Å². The van der Waals surface area contributed by atoms with E-state index in [1.54, 1.807) is 18.2 Å². The zero-order chi connectivity index (χ0) is 21.8. The Balaban J connectivity index is 1.58. The molecule has 3 N–H and O–H groups in total. The number of nitrogens with one attached hydrogen (secondary N) is 3. The first kappa shape index (κ1) is 19.4. The number of amides is 1. The average molecular weight is 450 g/mol. The van der Waals surface area contributed by atoms with Gasteiger partial charge in [0.2, 0.25) is 0 Å². The van der Waals surface area contributed by atoms with Crippen molar-refractivity contribution >= 4 is 55.4 Å². The van der Waals surface area contributed by atoms with Gasteiger partial charge in [-0.05, 0) is 54.1 Å². The minimum atomic E-state index is -3.77. The van der Waals surface area contributed by atoms with E-state index >= 15 is 0 Å². The number of hydrogen-bond donors (Lipinski definition) is 3. The number of hydrogen-bond acceptors (Lipinski definition) is 3. The quantitative estimate of drug-likeness (QED) is 0.371. The number of rotatable bonds is 4. The van der Waals surface area contributed by atoms with Crippen LogP contribution in [0, 0.1) is 0 Å². The van der Waals surface area contributed by atoms with Crippen molar-refractivity contribution in [1.29, 1.82) is 0 Å². The van der Waals surface area contributed by atoms with Gasteiger partial charge in [0.05, 0.1) is 4.90 Å². The molecule has 4 aromatic rings. The van der Waals surface area contributed by atoms with E-state index in [9.17, 15) is 13.2 Å². The molecule has 0 spiro atoms. The Bertz CT molecular complexity index is 1490. The summed E-state index contributed by atoms with van der Waals surface area (Å²) in [5.74, 6) is -0.223. The van der Waals surface area contributed by atoms with Crippen LogP contribution in [0.3, 0.4) is 0 Å². The van der Waals surface area contributed by atoms with Gasteiger partial charge in [-0.25, -0.2) is 8.42 Å². The van der Waals surface area contributed by atoms with Crippen molar-refractivity contribution in [3.8, 4) is 11.1 Å². The Morgan fingerprint density at radius 1 is 0.968 bits per heavy atom. The summed E-state index contributed by atoms with van der Waals surface area (Å²) in [4.78, 5) is 15.4. The molecule has 31 heavy (non-hydrogen) atoms. The molecule has 0 atom stereocenters. The summed E-state index contributed by atoms with van der Waals surface area (Å²) in [7, 11) is -3.77. The number of fused-ring (bicyclic) bond motifs is 2. The molecule has 0 unspecified atom stereocenters. The van der Waals surface area contributed by atoms with E-state index in [1.165, 1.54) is 24.3 Å². The van der Waals surface area contributed by atoms with Crippen LogP contribution < -0.4 is 10.0 Å². The molecular weight excluding hydrogens is 434 g/mol. The molecule has 6 nitrogen and oxygen atoms in total. The maximum absolute atomic E-state index is 12.8. The number of H-pyrrole nitrogens is 1. The van der Waals surface area contributed by atoms with Crippen LogP contribution in [0.2, 0.25) is 5.02 Å². The molecule has 0 aliphatic carbocycles. The number of carbonyl (C=O) groups is 1. The van der Waals surface area contributed by atoms with Gasteiger partial charge in [0, 0.05) is 50.2 Å². The highest BCUT2D eigenvalue weighted by atomic mass is 35.5. The topological polar surface area (TPSA) is 91.1 Å². The molecule has 0 saturated heterocycles. The zero-order valence-electron chi connectivity index (χ0n) is 16.1. The fourth-order valence-electron chi connectivity index (χ4n) is 3.75. The van der Waals surface area contributed by atoms with Crippen molar-refractivity contribution in [2.45, 2.75) is 4.90 Å². The fourth-order valence-corrected chi connectivity index (χ4v) is 4.93. The van der Waals surface area contributed by atoms with Crippen LogP contribution in [0.15, 0.2) is 78.3 Å². The van der Waals surface area contributed by atoms with Crippen molar-refractivity contribution in [1.82, 2.24) is 4.98 Å². The minimum absolute atomic E-state index is 0.119. The van der Waals surface area contributed by atoms with Gasteiger partial charge < -0.3 is 10.3 Å². The fraction of sp³-hybridized carbons (Fsp3) is 0. The smallest absolute Gasteiger partial charge is 0.261 e. The van der Waals surface area contributed by atoms with E-state index in [1.807, 2.05) is 24.4 Å². The van der Waals surface area contributed by atoms with Gasteiger partial charge in [-0.1, -0.05) is 30.3 Å².